The number of carbonyl (C=O) groups excluding carboxylic acids is 1. The van der Waals surface area contributed by atoms with Crippen molar-refractivity contribution in [2.45, 2.75) is 24.6 Å². The highest BCUT2D eigenvalue weighted by Crippen LogP contribution is 2.19. The molecule has 0 bridgehead atoms. The van der Waals surface area contributed by atoms with Crippen molar-refractivity contribution in [3.8, 4) is 0 Å². The Hall–Kier alpha value is -0.530. The molecule has 1 fully saturated rings. The molecular weight excluding hydrogens is 168 g/mol. The third-order valence-corrected chi connectivity index (χ3v) is 1.71. The summed E-state index contributed by atoms with van der Waals surface area (Å²) in [7, 11) is 0. The second-order valence-electron chi connectivity index (χ2n) is 2.55. The number of ketones is 1. The normalized spacial score (nSPS) is 41.7. The van der Waals surface area contributed by atoms with Gasteiger partial charge in [0.1, 0.15) is 24.9 Å². The van der Waals surface area contributed by atoms with Gasteiger partial charge < -0.3 is 25.2 Å². The van der Waals surface area contributed by atoms with Crippen LogP contribution in [0.15, 0.2) is 0 Å². The van der Waals surface area contributed by atoms with Crippen LogP contribution in [0, 0.1) is 0 Å². The SMILES string of the molecule is O=C(CO)[C@H]1O[C@H](O)[C@@H](O)[C@H]1O. The van der Waals surface area contributed by atoms with Crippen LogP contribution < -0.4 is 0 Å². The summed E-state index contributed by atoms with van der Waals surface area (Å²) < 4.78 is 4.48. The lowest BCUT2D eigenvalue weighted by Gasteiger charge is -2.10. The molecule has 70 valence electrons. The average Bonchev–Trinajstić information content (AvgIpc) is 2.32. The quantitative estimate of drug-likeness (QED) is 0.358. The summed E-state index contributed by atoms with van der Waals surface area (Å²) in [6, 6.07) is 0. The van der Waals surface area contributed by atoms with Gasteiger partial charge >= 0.3 is 0 Å². The van der Waals surface area contributed by atoms with E-state index in [1.54, 1.807) is 0 Å². The number of hydrogen-bond donors (Lipinski definition) is 4. The number of rotatable bonds is 2. The highest BCUT2D eigenvalue weighted by molar-refractivity contribution is 5.85. The van der Waals surface area contributed by atoms with Crippen molar-refractivity contribution < 1.29 is 30.0 Å². The summed E-state index contributed by atoms with van der Waals surface area (Å²) in [6.07, 6.45) is -5.87. The van der Waals surface area contributed by atoms with E-state index in [9.17, 15) is 4.79 Å². The van der Waals surface area contributed by atoms with Gasteiger partial charge in [-0.25, -0.2) is 0 Å². The largest absolute Gasteiger partial charge is 0.388 e. The first-order chi connectivity index (χ1) is 5.57. The van der Waals surface area contributed by atoms with Gasteiger partial charge in [-0.1, -0.05) is 0 Å². The van der Waals surface area contributed by atoms with Crippen molar-refractivity contribution in [2.24, 2.45) is 0 Å². The van der Waals surface area contributed by atoms with Crippen LogP contribution in [0.5, 0.6) is 0 Å². The van der Waals surface area contributed by atoms with Gasteiger partial charge in [0, 0.05) is 0 Å². The summed E-state index contributed by atoms with van der Waals surface area (Å²) in [5, 5.41) is 35.2. The van der Waals surface area contributed by atoms with E-state index >= 15 is 0 Å². The van der Waals surface area contributed by atoms with Gasteiger partial charge in [0.05, 0.1) is 0 Å². The molecule has 1 aliphatic rings. The third-order valence-electron chi connectivity index (χ3n) is 1.71. The molecule has 0 aromatic heterocycles. The molecule has 6 heteroatoms. The average molecular weight is 178 g/mol. The monoisotopic (exact) mass is 178 g/mol. The Kier molecular flexibility index (Phi) is 2.76. The van der Waals surface area contributed by atoms with E-state index < -0.39 is 37.0 Å². The molecule has 0 radical (unpaired) electrons. The fraction of sp³-hybridized carbons (Fsp3) is 0.833. The van der Waals surface area contributed by atoms with Gasteiger partial charge in [0.15, 0.2) is 12.1 Å². The molecule has 0 aromatic rings. The lowest BCUT2D eigenvalue weighted by molar-refractivity contribution is -0.151. The second kappa shape index (κ2) is 3.46. The van der Waals surface area contributed by atoms with Crippen LogP contribution in [-0.4, -0.2) is 57.4 Å². The number of ether oxygens (including phenoxy) is 1. The molecule has 1 aliphatic heterocycles. The summed E-state index contributed by atoms with van der Waals surface area (Å²) in [5.74, 6) is -0.766. The first-order valence-corrected chi connectivity index (χ1v) is 3.41. The van der Waals surface area contributed by atoms with Crippen LogP contribution in [0.1, 0.15) is 0 Å². The molecule has 0 aliphatic carbocycles. The third kappa shape index (κ3) is 1.47. The summed E-state index contributed by atoms with van der Waals surface area (Å²) >= 11 is 0. The van der Waals surface area contributed by atoms with E-state index in [0.717, 1.165) is 0 Å². The summed E-state index contributed by atoms with van der Waals surface area (Å²) in [6.45, 7) is -0.791. The molecule has 0 aromatic carbocycles. The first-order valence-electron chi connectivity index (χ1n) is 3.41. The number of aliphatic hydroxyl groups is 4. The van der Waals surface area contributed by atoms with Gasteiger partial charge in [0.25, 0.3) is 0 Å². The molecular formula is C6H10O6. The van der Waals surface area contributed by atoms with E-state index in [4.69, 9.17) is 20.4 Å². The Bertz CT molecular complexity index is 181. The molecule has 0 spiro atoms. The van der Waals surface area contributed by atoms with E-state index in [-0.39, 0.29) is 0 Å². The van der Waals surface area contributed by atoms with Crippen LogP contribution in [0.3, 0.4) is 0 Å². The van der Waals surface area contributed by atoms with Gasteiger partial charge in [-0.15, -0.1) is 0 Å². The minimum absolute atomic E-state index is 0.766. The highest BCUT2D eigenvalue weighted by Gasteiger charge is 2.44. The Labute approximate surface area is 68.0 Å². The lowest BCUT2D eigenvalue weighted by Crippen LogP contribution is -2.37. The number of Topliss-reactive ketones (excluding diaryl/α,β-unsaturated/α-hetero) is 1. The van der Waals surface area contributed by atoms with E-state index in [2.05, 4.69) is 4.74 Å². The summed E-state index contributed by atoms with van der Waals surface area (Å²) in [4.78, 5) is 10.8. The van der Waals surface area contributed by atoms with Crippen LogP contribution in [0.4, 0.5) is 0 Å². The van der Waals surface area contributed by atoms with Crippen LogP contribution in [0.25, 0.3) is 0 Å². The van der Waals surface area contributed by atoms with E-state index in [0.29, 0.717) is 0 Å². The van der Waals surface area contributed by atoms with Crippen molar-refractivity contribution in [3.63, 3.8) is 0 Å². The fourth-order valence-electron chi connectivity index (χ4n) is 1.02. The van der Waals surface area contributed by atoms with Crippen LogP contribution >= 0.6 is 0 Å². The fourth-order valence-corrected chi connectivity index (χ4v) is 1.02. The Morgan fingerprint density at radius 2 is 1.83 bits per heavy atom. The second-order valence-corrected chi connectivity index (χ2v) is 2.55. The number of hydrogen-bond acceptors (Lipinski definition) is 6. The molecule has 0 amide bonds. The first kappa shape index (κ1) is 9.56. The molecule has 0 saturated carbocycles. The molecule has 12 heavy (non-hydrogen) atoms. The van der Waals surface area contributed by atoms with Gasteiger partial charge in [-0.3, -0.25) is 4.79 Å². The zero-order valence-electron chi connectivity index (χ0n) is 6.12. The Morgan fingerprint density at radius 3 is 2.17 bits per heavy atom. The highest BCUT2D eigenvalue weighted by atomic mass is 16.6. The molecule has 1 rings (SSSR count). The summed E-state index contributed by atoms with van der Waals surface area (Å²) in [5.41, 5.74) is 0. The topological polar surface area (TPSA) is 107 Å². The molecule has 4 N–H and O–H groups in total. The maximum Gasteiger partial charge on any atom is 0.189 e. The van der Waals surface area contributed by atoms with Crippen molar-refractivity contribution in [3.05, 3.63) is 0 Å². The van der Waals surface area contributed by atoms with Gasteiger partial charge in [-0.05, 0) is 0 Å². The van der Waals surface area contributed by atoms with Gasteiger partial charge in [0.2, 0.25) is 0 Å². The predicted molar refractivity (Wildman–Crippen MR) is 35.0 cm³/mol. The minimum atomic E-state index is -1.57. The van der Waals surface area contributed by atoms with Crippen molar-refractivity contribution in [2.75, 3.05) is 6.61 Å². The maximum absolute atomic E-state index is 10.8. The molecule has 0 unspecified atom stereocenters. The number of carbonyl (C=O) groups is 1. The van der Waals surface area contributed by atoms with E-state index in [1.807, 2.05) is 0 Å². The zero-order chi connectivity index (χ0) is 9.30. The Balaban J connectivity index is 2.64. The lowest BCUT2D eigenvalue weighted by atomic mass is 10.1. The maximum atomic E-state index is 10.8. The van der Waals surface area contributed by atoms with Crippen LogP contribution in [-0.2, 0) is 9.53 Å². The molecule has 1 saturated heterocycles. The molecule has 6 nitrogen and oxygen atoms in total. The smallest absolute Gasteiger partial charge is 0.189 e. The predicted octanol–water partition coefficient (Wildman–Crippen LogP) is -3.01. The van der Waals surface area contributed by atoms with E-state index in [1.165, 1.54) is 0 Å². The Morgan fingerprint density at radius 1 is 1.25 bits per heavy atom. The molecule has 4 atom stereocenters. The van der Waals surface area contributed by atoms with Crippen molar-refractivity contribution in [1.29, 1.82) is 0 Å². The van der Waals surface area contributed by atoms with Gasteiger partial charge in [-0.2, -0.15) is 0 Å². The van der Waals surface area contributed by atoms with Crippen LogP contribution in [0.2, 0.25) is 0 Å². The molecule has 1 heterocycles. The minimum Gasteiger partial charge on any atom is -0.388 e. The van der Waals surface area contributed by atoms with Crippen molar-refractivity contribution in [1.82, 2.24) is 0 Å². The number of aliphatic hydroxyl groups excluding tert-OH is 4. The van der Waals surface area contributed by atoms with Crippen molar-refractivity contribution >= 4 is 5.78 Å². The zero-order valence-corrected chi connectivity index (χ0v) is 6.12. The standard InChI is InChI=1S/C6H10O6/c7-1-2(8)5-3(9)4(10)6(11)12-5/h3-7,9-11H,1H2/t3-,4+,5-,6+/m1/s1.